The van der Waals surface area contributed by atoms with E-state index in [-0.39, 0.29) is 22.8 Å². The number of nitrogens with two attached hydrogens (primary N) is 1. The van der Waals surface area contributed by atoms with Crippen LogP contribution in [0.3, 0.4) is 0 Å². The number of benzene rings is 2. The minimum absolute atomic E-state index is 0. The van der Waals surface area contributed by atoms with E-state index in [9.17, 15) is 4.79 Å². The number of unbranched alkanes of at least 4 members (excludes halogenated alkanes) is 9. The van der Waals surface area contributed by atoms with Crippen molar-refractivity contribution in [3.63, 3.8) is 0 Å². The summed E-state index contributed by atoms with van der Waals surface area (Å²) in [4.78, 5) is 17.7. The fraction of sp³-hybridized carbons (Fsp3) is 0.429. The number of rotatable bonds is 13. The van der Waals surface area contributed by atoms with Gasteiger partial charge in [-0.25, -0.2) is 0 Å². The third-order valence-corrected chi connectivity index (χ3v) is 6.12. The van der Waals surface area contributed by atoms with Crippen LogP contribution in [-0.2, 0) is 6.42 Å². The lowest BCUT2D eigenvalue weighted by molar-refractivity contribution is 0.104. The third-order valence-electron chi connectivity index (χ3n) is 6.12. The van der Waals surface area contributed by atoms with Crippen LogP contribution < -0.4 is 5.73 Å². The molecule has 0 unspecified atom stereocenters. The standard InChI is InChI=1S/C28H36N2O.BrH/c1-2-3-4-5-6-7-8-9-10-11-19-26-27(29)25(20-21-30-26)28(31)24-18-14-16-22-15-12-13-17-23(22)24;/h12-18,20-21H,2-11,19,29H2,1H3;1H. The molecule has 0 amide bonds. The van der Waals surface area contributed by atoms with Gasteiger partial charge in [0.2, 0.25) is 0 Å². The van der Waals surface area contributed by atoms with Crippen LogP contribution >= 0.6 is 17.0 Å². The molecule has 0 aliphatic carbocycles. The lowest BCUT2D eigenvalue weighted by Gasteiger charge is -2.11. The van der Waals surface area contributed by atoms with E-state index >= 15 is 0 Å². The van der Waals surface area contributed by atoms with E-state index in [1.54, 1.807) is 12.3 Å². The van der Waals surface area contributed by atoms with E-state index in [0.717, 1.165) is 29.3 Å². The van der Waals surface area contributed by atoms with Crippen LogP contribution in [-0.4, -0.2) is 10.8 Å². The monoisotopic (exact) mass is 496 g/mol. The number of halogens is 1. The van der Waals surface area contributed by atoms with Gasteiger partial charge in [-0.3, -0.25) is 9.78 Å². The number of aromatic nitrogens is 1. The maximum Gasteiger partial charge on any atom is 0.195 e. The normalized spacial score (nSPS) is 10.8. The molecule has 0 saturated heterocycles. The molecule has 2 N–H and O–H groups in total. The third kappa shape index (κ3) is 7.16. The van der Waals surface area contributed by atoms with Crippen LogP contribution in [0, 0.1) is 0 Å². The molecule has 1 heterocycles. The van der Waals surface area contributed by atoms with E-state index in [2.05, 4.69) is 11.9 Å². The van der Waals surface area contributed by atoms with Crippen LogP contribution in [0.5, 0.6) is 0 Å². The van der Waals surface area contributed by atoms with Gasteiger partial charge in [-0.2, -0.15) is 0 Å². The quantitative estimate of drug-likeness (QED) is 0.192. The molecule has 0 atom stereocenters. The first kappa shape index (κ1) is 26.1. The highest BCUT2D eigenvalue weighted by Gasteiger charge is 2.17. The second-order valence-electron chi connectivity index (χ2n) is 8.51. The Balaban J connectivity index is 0.00000363. The fourth-order valence-corrected chi connectivity index (χ4v) is 4.26. The maximum atomic E-state index is 13.3. The summed E-state index contributed by atoms with van der Waals surface area (Å²) in [5.41, 5.74) is 9.05. The fourth-order valence-electron chi connectivity index (χ4n) is 4.26. The van der Waals surface area contributed by atoms with E-state index in [1.165, 1.54) is 57.8 Å². The van der Waals surface area contributed by atoms with Crippen LogP contribution in [0.4, 0.5) is 5.69 Å². The topological polar surface area (TPSA) is 56.0 Å². The molecule has 0 aliphatic rings. The molecule has 3 aromatic rings. The van der Waals surface area contributed by atoms with Gasteiger partial charge in [-0.15, -0.1) is 17.0 Å². The van der Waals surface area contributed by atoms with Gasteiger partial charge < -0.3 is 5.73 Å². The van der Waals surface area contributed by atoms with Crippen molar-refractivity contribution in [3.8, 4) is 0 Å². The smallest absolute Gasteiger partial charge is 0.195 e. The van der Waals surface area contributed by atoms with Crippen LogP contribution in [0.25, 0.3) is 10.8 Å². The second kappa shape index (κ2) is 14.1. The molecule has 0 spiro atoms. The van der Waals surface area contributed by atoms with Gasteiger partial charge in [0.15, 0.2) is 5.78 Å². The molecule has 2 aromatic carbocycles. The van der Waals surface area contributed by atoms with Crippen molar-refractivity contribution in [3.05, 3.63) is 71.5 Å². The highest BCUT2D eigenvalue weighted by atomic mass is 79.9. The lowest BCUT2D eigenvalue weighted by atomic mass is 9.95. The predicted octanol–water partition coefficient (Wildman–Crippen LogP) is 8.09. The molecule has 1 aromatic heterocycles. The summed E-state index contributed by atoms with van der Waals surface area (Å²) in [5.74, 6) is -0.0268. The summed E-state index contributed by atoms with van der Waals surface area (Å²) in [6.45, 7) is 2.26. The molecule has 32 heavy (non-hydrogen) atoms. The average Bonchev–Trinajstić information content (AvgIpc) is 2.80. The van der Waals surface area contributed by atoms with Crippen molar-refractivity contribution < 1.29 is 4.79 Å². The van der Waals surface area contributed by atoms with Gasteiger partial charge in [0, 0.05) is 17.3 Å². The van der Waals surface area contributed by atoms with Gasteiger partial charge >= 0.3 is 0 Å². The highest BCUT2D eigenvalue weighted by molar-refractivity contribution is 8.93. The number of hydrogen-bond donors (Lipinski definition) is 1. The number of aryl methyl sites for hydroxylation is 1. The average molecular weight is 498 g/mol. The molecule has 0 fully saturated rings. The van der Waals surface area contributed by atoms with Gasteiger partial charge in [0.1, 0.15) is 0 Å². The number of hydrogen-bond acceptors (Lipinski definition) is 3. The summed E-state index contributed by atoms with van der Waals surface area (Å²) in [6, 6.07) is 15.6. The van der Waals surface area contributed by atoms with E-state index in [4.69, 9.17) is 5.73 Å². The molecule has 3 nitrogen and oxygen atoms in total. The van der Waals surface area contributed by atoms with Crippen LogP contribution in [0.2, 0.25) is 0 Å². The van der Waals surface area contributed by atoms with Gasteiger partial charge in [0.05, 0.1) is 11.4 Å². The number of nitrogens with zero attached hydrogens (tertiary/aromatic N) is 1. The summed E-state index contributed by atoms with van der Waals surface area (Å²) in [5, 5.41) is 2.02. The summed E-state index contributed by atoms with van der Waals surface area (Å²) in [7, 11) is 0. The van der Waals surface area contributed by atoms with E-state index < -0.39 is 0 Å². The first-order valence-electron chi connectivity index (χ1n) is 12.0. The first-order valence-corrected chi connectivity index (χ1v) is 12.0. The Morgan fingerprint density at radius 2 is 1.41 bits per heavy atom. The summed E-state index contributed by atoms with van der Waals surface area (Å²) >= 11 is 0. The number of anilines is 1. The number of carbonyl (C=O) groups is 1. The molecule has 3 rings (SSSR count). The Labute approximate surface area is 203 Å². The minimum Gasteiger partial charge on any atom is -0.397 e. The molecular formula is C28H37BrN2O. The molecule has 0 saturated carbocycles. The van der Waals surface area contributed by atoms with Crippen molar-refractivity contribution in [2.75, 3.05) is 5.73 Å². The zero-order valence-electron chi connectivity index (χ0n) is 19.3. The molecule has 4 heteroatoms. The highest BCUT2D eigenvalue weighted by Crippen LogP contribution is 2.25. The second-order valence-corrected chi connectivity index (χ2v) is 8.51. The lowest BCUT2D eigenvalue weighted by Crippen LogP contribution is -2.09. The van der Waals surface area contributed by atoms with Gasteiger partial charge in [0.25, 0.3) is 0 Å². The maximum absolute atomic E-state index is 13.3. The van der Waals surface area contributed by atoms with Crippen molar-refractivity contribution >= 4 is 39.2 Å². The van der Waals surface area contributed by atoms with Crippen molar-refractivity contribution in [2.45, 2.75) is 77.6 Å². The van der Waals surface area contributed by atoms with Gasteiger partial charge in [-0.1, -0.05) is 107 Å². The van der Waals surface area contributed by atoms with E-state index in [1.807, 2.05) is 42.5 Å². The Hall–Kier alpha value is -2.20. The molecular weight excluding hydrogens is 460 g/mol. The van der Waals surface area contributed by atoms with Gasteiger partial charge in [-0.05, 0) is 29.7 Å². The number of nitrogen functional groups attached to an aromatic ring is 1. The summed E-state index contributed by atoms with van der Waals surface area (Å²) < 4.78 is 0. The molecule has 0 radical (unpaired) electrons. The number of pyridine rings is 1. The number of carbonyl (C=O) groups excluding carboxylic acids is 1. The van der Waals surface area contributed by atoms with Crippen LogP contribution in [0.1, 0.15) is 92.7 Å². The first-order chi connectivity index (χ1) is 15.2. The SMILES string of the molecule is Br.CCCCCCCCCCCCc1nccc(C(=O)c2cccc3ccccc23)c1N. The zero-order valence-corrected chi connectivity index (χ0v) is 21.0. The van der Waals surface area contributed by atoms with Crippen molar-refractivity contribution in [1.29, 1.82) is 0 Å². The predicted molar refractivity (Wildman–Crippen MR) is 142 cm³/mol. The van der Waals surface area contributed by atoms with Crippen molar-refractivity contribution in [1.82, 2.24) is 4.98 Å². The summed E-state index contributed by atoms with van der Waals surface area (Å²) in [6.07, 6.45) is 15.6. The van der Waals surface area contributed by atoms with Crippen LogP contribution in [0.15, 0.2) is 54.7 Å². The van der Waals surface area contributed by atoms with E-state index in [0.29, 0.717) is 16.8 Å². The largest absolute Gasteiger partial charge is 0.397 e. The minimum atomic E-state index is -0.0268. The molecule has 0 bridgehead atoms. The Morgan fingerprint density at radius 1 is 0.781 bits per heavy atom. The molecule has 0 aliphatic heterocycles. The Kier molecular flexibility index (Phi) is 11.4. The number of ketones is 1. The van der Waals surface area contributed by atoms with Crippen molar-refractivity contribution in [2.24, 2.45) is 0 Å². The zero-order chi connectivity index (χ0) is 21.9. The number of fused-ring (bicyclic) bond motifs is 1. The Morgan fingerprint density at radius 3 is 2.12 bits per heavy atom. The Bertz CT molecular complexity index is 981. The molecule has 172 valence electrons.